The van der Waals surface area contributed by atoms with Crippen molar-refractivity contribution in [1.29, 1.82) is 0 Å². The Morgan fingerprint density at radius 2 is 1.86 bits per heavy atom. The predicted molar refractivity (Wildman–Crippen MR) is 74.9 cm³/mol. The second-order valence-electron chi connectivity index (χ2n) is 4.50. The molecule has 128 valence electrons. The summed E-state index contributed by atoms with van der Waals surface area (Å²) in [5, 5.41) is 0. The molecule has 22 heavy (non-hydrogen) atoms. The summed E-state index contributed by atoms with van der Waals surface area (Å²) in [4.78, 5) is 0. The van der Waals surface area contributed by atoms with Crippen LogP contribution >= 0.6 is 0 Å². The van der Waals surface area contributed by atoms with Crippen molar-refractivity contribution in [2.75, 3.05) is 27.4 Å². The second-order valence-corrected chi connectivity index (χ2v) is 7.47. The maximum atomic E-state index is 12.1. The van der Waals surface area contributed by atoms with Crippen LogP contribution in [-0.2, 0) is 22.8 Å². The Balaban J connectivity index is 2.31. The Labute approximate surface area is 129 Å². The van der Waals surface area contributed by atoms with Gasteiger partial charge in [-0.05, 0) is 18.6 Å². The van der Waals surface area contributed by atoms with Gasteiger partial charge in [0.2, 0.25) is 6.29 Å². The molecule has 0 bridgehead atoms. The van der Waals surface area contributed by atoms with Crippen LogP contribution in [0.3, 0.4) is 0 Å². The Bertz CT molecular complexity index is 369. The lowest BCUT2D eigenvalue weighted by molar-refractivity contribution is -0.137. The van der Waals surface area contributed by atoms with E-state index in [9.17, 15) is 13.2 Å². The molecular formula is C13H21F3O5Si. The first-order chi connectivity index (χ1) is 10.4. The molecule has 1 rings (SSSR count). The minimum absolute atomic E-state index is 0.0734. The van der Waals surface area contributed by atoms with Crippen molar-refractivity contribution in [2.45, 2.75) is 31.4 Å². The lowest BCUT2D eigenvalue weighted by Crippen LogP contribution is -2.45. The number of rotatable bonds is 10. The second kappa shape index (κ2) is 9.31. The molecule has 5 nitrogen and oxygen atoms in total. The number of alkyl halides is 3. The highest BCUT2D eigenvalue weighted by Crippen LogP contribution is 2.22. The first-order valence-electron chi connectivity index (χ1n) is 6.82. The molecule has 0 saturated carbocycles. The average molecular weight is 342 g/mol. The number of hydrogen-bond acceptors (Lipinski definition) is 5. The first-order valence-corrected chi connectivity index (χ1v) is 8.75. The molecule has 0 fully saturated rings. The van der Waals surface area contributed by atoms with Gasteiger partial charge in [-0.25, -0.2) is 0 Å². The van der Waals surface area contributed by atoms with E-state index < -0.39 is 27.7 Å². The summed E-state index contributed by atoms with van der Waals surface area (Å²) in [5.74, 6) is 0. The van der Waals surface area contributed by atoms with Gasteiger partial charge in [-0.2, -0.15) is 13.2 Å². The van der Waals surface area contributed by atoms with Gasteiger partial charge in [-0.3, -0.25) is 0 Å². The highest BCUT2D eigenvalue weighted by Gasteiger charge is 2.39. The molecule has 0 aromatic rings. The van der Waals surface area contributed by atoms with Crippen molar-refractivity contribution in [2.24, 2.45) is 0 Å². The number of halogens is 3. The van der Waals surface area contributed by atoms with Gasteiger partial charge in [0.1, 0.15) is 0 Å². The molecule has 1 unspecified atom stereocenters. The zero-order chi connectivity index (χ0) is 16.5. The van der Waals surface area contributed by atoms with Crippen molar-refractivity contribution in [3.8, 4) is 0 Å². The van der Waals surface area contributed by atoms with Gasteiger partial charge in [0.25, 0.3) is 0 Å². The molecule has 1 atom stereocenters. The van der Waals surface area contributed by atoms with Crippen LogP contribution < -0.4 is 0 Å². The van der Waals surface area contributed by atoms with Crippen LogP contribution in [0.2, 0.25) is 6.04 Å². The third-order valence-electron chi connectivity index (χ3n) is 2.91. The maximum absolute atomic E-state index is 12.1. The van der Waals surface area contributed by atoms with Gasteiger partial charge >= 0.3 is 15.0 Å². The van der Waals surface area contributed by atoms with E-state index in [0.29, 0.717) is 6.04 Å². The largest absolute Gasteiger partial charge is 0.502 e. The van der Waals surface area contributed by atoms with Gasteiger partial charge < -0.3 is 22.8 Å². The maximum Gasteiger partial charge on any atom is 0.502 e. The lowest BCUT2D eigenvalue weighted by Gasteiger charge is -2.27. The summed E-state index contributed by atoms with van der Waals surface area (Å²) in [6, 6.07) is 0.323. The average Bonchev–Trinajstić information content (AvgIpc) is 2.50. The minimum Gasteiger partial charge on any atom is -0.469 e. The van der Waals surface area contributed by atoms with Gasteiger partial charge in [0.15, 0.2) is 0 Å². The number of ether oxygens (including phenoxy) is 2. The lowest BCUT2D eigenvalue weighted by atomic mass is 10.3. The molecule has 0 aliphatic carbocycles. The van der Waals surface area contributed by atoms with E-state index in [-0.39, 0.29) is 19.6 Å². The van der Waals surface area contributed by atoms with E-state index in [0.717, 1.165) is 0 Å². The van der Waals surface area contributed by atoms with E-state index in [4.69, 9.17) is 22.8 Å². The molecule has 0 amide bonds. The minimum atomic E-state index is -4.19. The van der Waals surface area contributed by atoms with Gasteiger partial charge in [0.05, 0.1) is 12.9 Å². The van der Waals surface area contributed by atoms with E-state index in [2.05, 4.69) is 0 Å². The smallest absolute Gasteiger partial charge is 0.469 e. The zero-order valence-corrected chi connectivity index (χ0v) is 13.6. The molecule has 1 aliphatic heterocycles. The van der Waals surface area contributed by atoms with Gasteiger partial charge in [0, 0.05) is 33.3 Å². The quantitative estimate of drug-likeness (QED) is 0.451. The first kappa shape index (κ1) is 19.2. The van der Waals surface area contributed by atoms with Crippen LogP contribution in [0.5, 0.6) is 0 Å². The standard InChI is InChI=1S/C13H21F3O5Si/c1-17-22(18-2,21-9-5-7-13(14,15)16)11-10-20-12-6-3-4-8-19-12/h3-4,6,8,12H,5,7,9-11H2,1-2H3. The summed E-state index contributed by atoms with van der Waals surface area (Å²) in [7, 11) is -0.183. The molecule has 0 N–H and O–H groups in total. The fraction of sp³-hybridized carbons (Fsp3) is 0.692. The van der Waals surface area contributed by atoms with Crippen LogP contribution in [0, 0.1) is 0 Å². The molecule has 0 aromatic carbocycles. The summed E-state index contributed by atoms with van der Waals surface area (Å²) < 4.78 is 62.9. The fourth-order valence-corrected chi connectivity index (χ4v) is 3.52. The molecular weight excluding hydrogens is 321 g/mol. The molecule has 1 heterocycles. The van der Waals surface area contributed by atoms with Crippen molar-refractivity contribution in [3.05, 3.63) is 24.5 Å². The summed E-state index contributed by atoms with van der Waals surface area (Å²) in [6.45, 7) is 0.173. The monoisotopic (exact) mass is 342 g/mol. The van der Waals surface area contributed by atoms with Crippen LogP contribution in [0.4, 0.5) is 13.2 Å². The van der Waals surface area contributed by atoms with E-state index in [1.807, 2.05) is 0 Å². The van der Waals surface area contributed by atoms with Crippen molar-refractivity contribution >= 4 is 8.80 Å². The van der Waals surface area contributed by atoms with Gasteiger partial charge in [-0.1, -0.05) is 6.08 Å². The van der Waals surface area contributed by atoms with Crippen LogP contribution in [0.25, 0.3) is 0 Å². The van der Waals surface area contributed by atoms with E-state index >= 15 is 0 Å². The third-order valence-corrected chi connectivity index (χ3v) is 5.61. The number of allylic oxidation sites excluding steroid dienone is 2. The molecule has 0 spiro atoms. The van der Waals surface area contributed by atoms with Gasteiger partial charge in [-0.15, -0.1) is 0 Å². The highest BCUT2D eigenvalue weighted by molar-refractivity contribution is 6.60. The molecule has 1 aliphatic rings. The predicted octanol–water partition coefficient (Wildman–Crippen LogP) is 3.02. The Morgan fingerprint density at radius 3 is 2.41 bits per heavy atom. The van der Waals surface area contributed by atoms with E-state index in [1.54, 1.807) is 18.2 Å². The fourth-order valence-electron chi connectivity index (χ4n) is 1.74. The summed E-state index contributed by atoms with van der Waals surface area (Å²) in [5.41, 5.74) is 0. The van der Waals surface area contributed by atoms with Crippen molar-refractivity contribution in [1.82, 2.24) is 0 Å². The topological polar surface area (TPSA) is 46.2 Å². The summed E-state index contributed by atoms with van der Waals surface area (Å²) >= 11 is 0. The Kier molecular flexibility index (Phi) is 8.11. The Hall–Kier alpha value is -0.873. The van der Waals surface area contributed by atoms with Crippen LogP contribution in [-0.4, -0.2) is 48.7 Å². The SMILES string of the molecule is CO[Si](CCOC1C=CC=CO1)(OC)OCCCC(F)(F)F. The molecule has 0 aromatic heterocycles. The zero-order valence-electron chi connectivity index (χ0n) is 12.6. The highest BCUT2D eigenvalue weighted by atomic mass is 28.4. The summed E-state index contributed by atoms with van der Waals surface area (Å²) in [6.07, 6.45) is 1.05. The number of hydrogen-bond donors (Lipinski definition) is 0. The van der Waals surface area contributed by atoms with Crippen LogP contribution in [0.15, 0.2) is 24.5 Å². The normalized spacial score (nSPS) is 18.5. The van der Waals surface area contributed by atoms with Crippen LogP contribution in [0.1, 0.15) is 12.8 Å². The molecule has 9 heteroatoms. The van der Waals surface area contributed by atoms with Crippen molar-refractivity contribution in [3.63, 3.8) is 0 Å². The molecule has 0 saturated heterocycles. The van der Waals surface area contributed by atoms with Crippen molar-refractivity contribution < 1.29 is 35.9 Å². The van der Waals surface area contributed by atoms with E-state index in [1.165, 1.54) is 20.5 Å². The molecule has 0 radical (unpaired) electrons. The third kappa shape index (κ3) is 7.41. The Morgan fingerprint density at radius 1 is 1.14 bits per heavy atom.